The van der Waals surface area contributed by atoms with Crippen LogP contribution in [-0.2, 0) is 13.2 Å². The first kappa shape index (κ1) is 19.0. The van der Waals surface area contributed by atoms with E-state index in [1.165, 1.54) is 23.5 Å². The smallest absolute Gasteiger partial charge is 0.289 e. The van der Waals surface area contributed by atoms with Gasteiger partial charge in [-0.05, 0) is 17.7 Å². The van der Waals surface area contributed by atoms with Gasteiger partial charge in [0.1, 0.15) is 19.4 Å². The predicted octanol–water partition coefficient (Wildman–Crippen LogP) is 1.35. The fraction of sp³-hybridized carbons (Fsp3) is 0.273. The molecule has 1 saturated heterocycles. The Morgan fingerprint density at radius 1 is 1.07 bits per heavy atom. The van der Waals surface area contributed by atoms with Gasteiger partial charge in [0.05, 0.1) is 32.4 Å². The highest BCUT2D eigenvalue weighted by molar-refractivity contribution is 5.91. The van der Waals surface area contributed by atoms with Crippen LogP contribution in [0.4, 0.5) is 0 Å². The van der Waals surface area contributed by atoms with Crippen LogP contribution in [0.1, 0.15) is 21.9 Å². The molecule has 150 valence electrons. The number of quaternary nitrogens is 1. The third-order valence-electron chi connectivity index (χ3n) is 5.00. The van der Waals surface area contributed by atoms with Gasteiger partial charge in [0.2, 0.25) is 11.2 Å². The van der Waals surface area contributed by atoms with Crippen molar-refractivity contribution in [2.45, 2.75) is 13.2 Å². The molecule has 1 amide bonds. The molecule has 0 radical (unpaired) electrons. The van der Waals surface area contributed by atoms with E-state index >= 15 is 0 Å². The van der Waals surface area contributed by atoms with Gasteiger partial charge in [-0.3, -0.25) is 9.59 Å². The second-order valence-corrected chi connectivity index (χ2v) is 7.05. The Bertz CT molecular complexity index is 990. The van der Waals surface area contributed by atoms with E-state index in [0.717, 1.165) is 18.7 Å². The average Bonchev–Trinajstić information content (AvgIpc) is 3.29. The largest absolute Gasteiger partial charge is 0.482 e. The van der Waals surface area contributed by atoms with Crippen LogP contribution in [0, 0.1) is 0 Å². The maximum Gasteiger partial charge on any atom is 0.289 e. The fourth-order valence-electron chi connectivity index (χ4n) is 3.38. The molecule has 2 aromatic heterocycles. The zero-order valence-electron chi connectivity index (χ0n) is 16.0. The Balaban J connectivity index is 1.29. The van der Waals surface area contributed by atoms with E-state index < -0.39 is 0 Å². The molecule has 4 rings (SSSR count). The zero-order chi connectivity index (χ0) is 20.1. The number of furan rings is 1. The number of carbonyl (C=O) groups is 1. The molecule has 0 atom stereocenters. The van der Waals surface area contributed by atoms with Gasteiger partial charge in [0, 0.05) is 6.07 Å². The summed E-state index contributed by atoms with van der Waals surface area (Å²) in [5.74, 6) is 1.11. The van der Waals surface area contributed by atoms with E-state index in [-0.39, 0.29) is 17.1 Å². The number of hydrogen-bond donors (Lipinski definition) is 1. The minimum atomic E-state index is -0.187. The number of benzene rings is 1. The van der Waals surface area contributed by atoms with Crippen molar-refractivity contribution in [3.63, 3.8) is 0 Å². The third kappa shape index (κ3) is 4.75. The first-order chi connectivity index (χ1) is 14.2. The first-order valence-electron chi connectivity index (χ1n) is 9.64. The molecule has 0 spiro atoms. The molecule has 3 aromatic rings. The molecule has 3 heterocycles. The highest BCUT2D eigenvalue weighted by atomic mass is 16.5. The molecule has 0 bridgehead atoms. The summed E-state index contributed by atoms with van der Waals surface area (Å²) in [5, 5.41) is 0. The standard InChI is InChI=1S/C22H22N2O5/c25-19-13-18(28-16-21(19)29-15-17-5-2-1-3-6-17)14-23-8-10-24(11-9-23)22(26)20-7-4-12-27-20/h1-7,12-13,16H,8-11,14-15H2/p+1. The second kappa shape index (κ2) is 8.79. The number of ether oxygens (including phenoxy) is 1. The van der Waals surface area contributed by atoms with Crippen LogP contribution in [0.25, 0.3) is 0 Å². The summed E-state index contributed by atoms with van der Waals surface area (Å²) in [5.41, 5.74) is 0.801. The fourth-order valence-corrected chi connectivity index (χ4v) is 3.38. The highest BCUT2D eigenvalue weighted by Crippen LogP contribution is 2.09. The minimum Gasteiger partial charge on any atom is -0.482 e. The maximum absolute atomic E-state index is 12.3. The number of nitrogens with zero attached hydrogens (tertiary/aromatic N) is 1. The quantitative estimate of drug-likeness (QED) is 0.682. The summed E-state index contributed by atoms with van der Waals surface area (Å²) in [6.45, 7) is 3.75. The number of nitrogens with one attached hydrogen (secondary N) is 1. The topological polar surface area (TPSA) is 77.3 Å². The highest BCUT2D eigenvalue weighted by Gasteiger charge is 2.26. The normalized spacial score (nSPS) is 14.7. The van der Waals surface area contributed by atoms with Gasteiger partial charge in [0.15, 0.2) is 11.5 Å². The molecule has 1 aliphatic heterocycles. The van der Waals surface area contributed by atoms with Crippen molar-refractivity contribution in [2.24, 2.45) is 0 Å². The Morgan fingerprint density at radius 2 is 1.86 bits per heavy atom. The molecular formula is C22H23N2O5+. The molecule has 0 saturated carbocycles. The number of amides is 1. The SMILES string of the molecule is O=C(c1ccco1)N1CC[NH+](Cc2cc(=O)c(OCc3ccccc3)co2)CC1. The van der Waals surface area contributed by atoms with Crippen LogP contribution < -0.4 is 15.1 Å². The van der Waals surface area contributed by atoms with Gasteiger partial charge >= 0.3 is 0 Å². The van der Waals surface area contributed by atoms with Crippen LogP contribution in [0.3, 0.4) is 0 Å². The molecule has 1 fully saturated rings. The number of hydrogen-bond acceptors (Lipinski definition) is 5. The van der Waals surface area contributed by atoms with E-state index in [1.807, 2.05) is 30.3 Å². The number of carbonyl (C=O) groups excluding carboxylic acids is 1. The summed E-state index contributed by atoms with van der Waals surface area (Å²) >= 11 is 0. The van der Waals surface area contributed by atoms with Gasteiger partial charge in [-0.25, -0.2) is 0 Å². The van der Waals surface area contributed by atoms with Gasteiger partial charge in [-0.15, -0.1) is 0 Å². The minimum absolute atomic E-state index is 0.0829. The molecule has 1 aliphatic rings. The molecule has 1 N–H and O–H groups in total. The lowest BCUT2D eigenvalue weighted by atomic mass is 10.2. The van der Waals surface area contributed by atoms with Crippen molar-refractivity contribution in [1.82, 2.24) is 4.90 Å². The van der Waals surface area contributed by atoms with E-state index in [0.29, 0.717) is 37.8 Å². The number of rotatable bonds is 6. The molecule has 29 heavy (non-hydrogen) atoms. The van der Waals surface area contributed by atoms with Crippen LogP contribution in [0.15, 0.2) is 74.7 Å². The lowest BCUT2D eigenvalue weighted by Crippen LogP contribution is -3.13. The molecule has 7 heteroatoms. The molecular weight excluding hydrogens is 372 g/mol. The molecule has 7 nitrogen and oxygen atoms in total. The lowest BCUT2D eigenvalue weighted by molar-refractivity contribution is -0.918. The summed E-state index contributed by atoms with van der Waals surface area (Å²) in [6.07, 6.45) is 2.89. The lowest BCUT2D eigenvalue weighted by Gasteiger charge is -2.31. The van der Waals surface area contributed by atoms with Crippen molar-refractivity contribution in [1.29, 1.82) is 0 Å². The second-order valence-electron chi connectivity index (χ2n) is 7.05. The summed E-state index contributed by atoms with van der Waals surface area (Å²) in [6, 6.07) is 14.5. The summed E-state index contributed by atoms with van der Waals surface area (Å²) < 4.78 is 16.4. The van der Waals surface area contributed by atoms with E-state index in [2.05, 4.69) is 0 Å². The Labute approximate surface area is 168 Å². The monoisotopic (exact) mass is 395 g/mol. The summed E-state index contributed by atoms with van der Waals surface area (Å²) in [4.78, 5) is 27.7. The molecule has 0 unspecified atom stereocenters. The molecule has 0 aliphatic carbocycles. The molecule has 1 aromatic carbocycles. The zero-order valence-corrected chi connectivity index (χ0v) is 16.0. The third-order valence-corrected chi connectivity index (χ3v) is 5.00. The van der Waals surface area contributed by atoms with Crippen LogP contribution in [-0.4, -0.2) is 37.0 Å². The van der Waals surface area contributed by atoms with Crippen molar-refractivity contribution in [2.75, 3.05) is 26.2 Å². The van der Waals surface area contributed by atoms with Gasteiger partial charge < -0.3 is 23.4 Å². The Morgan fingerprint density at radius 3 is 2.55 bits per heavy atom. The van der Waals surface area contributed by atoms with Crippen LogP contribution in [0.5, 0.6) is 5.75 Å². The van der Waals surface area contributed by atoms with E-state index in [9.17, 15) is 9.59 Å². The van der Waals surface area contributed by atoms with E-state index in [1.54, 1.807) is 17.0 Å². The van der Waals surface area contributed by atoms with Gasteiger partial charge in [0.25, 0.3) is 5.91 Å². The Hall–Kier alpha value is -3.32. The maximum atomic E-state index is 12.3. The first-order valence-corrected chi connectivity index (χ1v) is 9.64. The predicted molar refractivity (Wildman–Crippen MR) is 105 cm³/mol. The Kier molecular flexibility index (Phi) is 5.76. The van der Waals surface area contributed by atoms with Gasteiger partial charge in [-0.2, -0.15) is 0 Å². The summed E-state index contributed by atoms with van der Waals surface area (Å²) in [7, 11) is 0. The van der Waals surface area contributed by atoms with Crippen molar-refractivity contribution >= 4 is 5.91 Å². The van der Waals surface area contributed by atoms with Crippen molar-refractivity contribution in [3.05, 3.63) is 88.4 Å². The van der Waals surface area contributed by atoms with Crippen molar-refractivity contribution < 1.29 is 23.3 Å². The average molecular weight is 395 g/mol. The van der Waals surface area contributed by atoms with Gasteiger partial charge in [-0.1, -0.05) is 30.3 Å². The number of piperazine rings is 1. The van der Waals surface area contributed by atoms with Crippen LogP contribution >= 0.6 is 0 Å². The van der Waals surface area contributed by atoms with Crippen molar-refractivity contribution in [3.8, 4) is 5.75 Å². The van der Waals surface area contributed by atoms with E-state index in [4.69, 9.17) is 13.6 Å². The van der Waals surface area contributed by atoms with Crippen LogP contribution in [0.2, 0.25) is 0 Å².